The lowest BCUT2D eigenvalue weighted by molar-refractivity contribution is -0.119. The molecule has 2 rings (SSSR count). The van der Waals surface area contributed by atoms with Gasteiger partial charge in [0.25, 0.3) is 0 Å². The molecule has 0 saturated heterocycles. The molecule has 2 N–H and O–H groups in total. The molecule has 1 aromatic carbocycles. The Hall–Kier alpha value is -2.87. The van der Waals surface area contributed by atoms with E-state index in [2.05, 4.69) is 15.6 Å². The van der Waals surface area contributed by atoms with Gasteiger partial charge in [-0.3, -0.25) is 4.79 Å². The van der Waals surface area contributed by atoms with Crippen LogP contribution in [0.25, 0.3) is 0 Å². The third kappa shape index (κ3) is 4.32. The second kappa shape index (κ2) is 7.06. The number of benzene rings is 1. The molecule has 0 aliphatic carbocycles. The molecule has 0 atom stereocenters. The molecule has 2 aromatic rings. The van der Waals surface area contributed by atoms with Crippen LogP contribution in [0.1, 0.15) is 16.8 Å². The summed E-state index contributed by atoms with van der Waals surface area (Å²) in [6, 6.07) is 15.2. The van der Waals surface area contributed by atoms with Crippen molar-refractivity contribution in [3.8, 4) is 6.07 Å². The van der Waals surface area contributed by atoms with E-state index < -0.39 is 0 Å². The molecule has 1 amide bonds. The van der Waals surface area contributed by atoms with Gasteiger partial charge in [0.05, 0.1) is 12.1 Å². The third-order valence-corrected chi connectivity index (χ3v) is 2.90. The summed E-state index contributed by atoms with van der Waals surface area (Å²) >= 11 is 0. The first kappa shape index (κ1) is 14.5. The van der Waals surface area contributed by atoms with E-state index in [1.165, 1.54) is 0 Å². The van der Waals surface area contributed by atoms with Crippen LogP contribution >= 0.6 is 0 Å². The Morgan fingerprint density at radius 1 is 1.24 bits per heavy atom. The molecule has 0 radical (unpaired) electrons. The Morgan fingerprint density at radius 2 is 2.00 bits per heavy atom. The van der Waals surface area contributed by atoms with Crippen molar-refractivity contribution in [1.82, 2.24) is 10.3 Å². The zero-order valence-corrected chi connectivity index (χ0v) is 11.8. The van der Waals surface area contributed by atoms with Crippen molar-refractivity contribution >= 4 is 11.7 Å². The Kier molecular flexibility index (Phi) is 4.89. The van der Waals surface area contributed by atoms with Crippen molar-refractivity contribution in [3.63, 3.8) is 0 Å². The zero-order valence-electron chi connectivity index (χ0n) is 11.8. The van der Waals surface area contributed by atoms with Crippen molar-refractivity contribution in [1.29, 1.82) is 5.26 Å². The number of rotatable bonds is 5. The average molecular weight is 280 g/mol. The van der Waals surface area contributed by atoms with Gasteiger partial charge in [-0.25, -0.2) is 4.98 Å². The highest BCUT2D eigenvalue weighted by Crippen LogP contribution is 2.11. The second-order valence-electron chi connectivity index (χ2n) is 4.58. The number of nitrogens with zero attached hydrogens (tertiary/aromatic N) is 2. The predicted molar refractivity (Wildman–Crippen MR) is 80.5 cm³/mol. The number of nitriles is 1. The van der Waals surface area contributed by atoms with E-state index in [0.29, 0.717) is 17.9 Å². The maximum absolute atomic E-state index is 11.8. The van der Waals surface area contributed by atoms with Crippen LogP contribution in [0.5, 0.6) is 0 Å². The summed E-state index contributed by atoms with van der Waals surface area (Å²) in [5, 5.41) is 14.7. The monoisotopic (exact) mass is 280 g/mol. The molecule has 0 unspecified atom stereocenters. The van der Waals surface area contributed by atoms with Crippen molar-refractivity contribution in [2.75, 3.05) is 11.9 Å². The van der Waals surface area contributed by atoms with Crippen LogP contribution in [0.2, 0.25) is 0 Å². The molecule has 21 heavy (non-hydrogen) atoms. The van der Waals surface area contributed by atoms with Crippen LogP contribution in [-0.2, 0) is 11.3 Å². The van der Waals surface area contributed by atoms with Gasteiger partial charge in [-0.05, 0) is 24.6 Å². The third-order valence-electron chi connectivity index (χ3n) is 2.90. The van der Waals surface area contributed by atoms with Gasteiger partial charge >= 0.3 is 0 Å². The highest BCUT2D eigenvalue weighted by Gasteiger charge is 2.06. The Labute approximate surface area is 123 Å². The lowest BCUT2D eigenvalue weighted by Gasteiger charge is -2.09. The maximum atomic E-state index is 11.8. The molecule has 0 fully saturated rings. The molecule has 5 heteroatoms. The van der Waals surface area contributed by atoms with E-state index >= 15 is 0 Å². The summed E-state index contributed by atoms with van der Waals surface area (Å²) in [6.45, 7) is 2.40. The van der Waals surface area contributed by atoms with Crippen molar-refractivity contribution < 1.29 is 4.79 Å². The van der Waals surface area contributed by atoms with Crippen LogP contribution < -0.4 is 10.6 Å². The number of pyridine rings is 1. The topological polar surface area (TPSA) is 77.8 Å². The van der Waals surface area contributed by atoms with Crippen molar-refractivity contribution in [3.05, 3.63) is 59.3 Å². The number of aryl methyl sites for hydroxylation is 1. The number of carbonyl (C=O) groups is 1. The summed E-state index contributed by atoms with van der Waals surface area (Å²) in [4.78, 5) is 16.0. The predicted octanol–water partition coefficient (Wildman–Crippen LogP) is 1.99. The molecule has 0 spiro atoms. The minimum Gasteiger partial charge on any atom is -0.360 e. The summed E-state index contributed by atoms with van der Waals surface area (Å²) in [6.07, 6.45) is 0. The normalized spacial score (nSPS) is 9.71. The fraction of sp³-hybridized carbons (Fsp3) is 0.188. The van der Waals surface area contributed by atoms with E-state index in [-0.39, 0.29) is 12.5 Å². The van der Waals surface area contributed by atoms with Crippen LogP contribution in [0, 0.1) is 18.3 Å². The van der Waals surface area contributed by atoms with E-state index in [0.717, 1.165) is 11.3 Å². The Balaban J connectivity index is 1.87. The Morgan fingerprint density at radius 3 is 2.71 bits per heavy atom. The fourth-order valence-corrected chi connectivity index (χ4v) is 1.80. The molecule has 0 bridgehead atoms. The summed E-state index contributed by atoms with van der Waals surface area (Å²) < 4.78 is 0. The largest absolute Gasteiger partial charge is 0.360 e. The van der Waals surface area contributed by atoms with Gasteiger partial charge in [-0.15, -0.1) is 0 Å². The first-order valence-electron chi connectivity index (χ1n) is 6.61. The molecule has 1 heterocycles. The Bertz CT molecular complexity index is 662. The molecule has 5 nitrogen and oxygen atoms in total. The molecule has 106 valence electrons. The highest BCUT2D eigenvalue weighted by molar-refractivity contribution is 5.80. The van der Waals surface area contributed by atoms with E-state index in [1.807, 2.05) is 43.3 Å². The summed E-state index contributed by atoms with van der Waals surface area (Å²) in [7, 11) is 0. The number of amides is 1. The van der Waals surface area contributed by atoms with Gasteiger partial charge in [-0.1, -0.05) is 30.3 Å². The quantitative estimate of drug-likeness (QED) is 0.878. The van der Waals surface area contributed by atoms with Crippen molar-refractivity contribution in [2.24, 2.45) is 0 Å². The van der Waals surface area contributed by atoms with Gasteiger partial charge in [0.1, 0.15) is 11.9 Å². The number of aromatic nitrogens is 1. The first-order chi connectivity index (χ1) is 10.2. The number of anilines is 1. The van der Waals surface area contributed by atoms with Gasteiger partial charge in [-0.2, -0.15) is 5.26 Å². The number of hydrogen-bond acceptors (Lipinski definition) is 4. The van der Waals surface area contributed by atoms with Crippen LogP contribution in [0.15, 0.2) is 42.5 Å². The van der Waals surface area contributed by atoms with Gasteiger partial charge in [0.15, 0.2) is 0 Å². The molecular formula is C16H16N4O. The lowest BCUT2D eigenvalue weighted by Crippen LogP contribution is -2.29. The van der Waals surface area contributed by atoms with Gasteiger partial charge < -0.3 is 10.6 Å². The molecule has 0 aliphatic heterocycles. The minimum absolute atomic E-state index is 0.0813. The van der Waals surface area contributed by atoms with Gasteiger partial charge in [0.2, 0.25) is 5.91 Å². The van der Waals surface area contributed by atoms with Gasteiger partial charge in [0, 0.05) is 12.2 Å². The van der Waals surface area contributed by atoms with Crippen LogP contribution in [0.3, 0.4) is 0 Å². The highest BCUT2D eigenvalue weighted by atomic mass is 16.1. The second-order valence-corrected chi connectivity index (χ2v) is 4.58. The van der Waals surface area contributed by atoms with Crippen LogP contribution in [-0.4, -0.2) is 17.4 Å². The number of carbonyl (C=O) groups excluding carboxylic acids is 1. The standard InChI is InChI=1S/C16H16N4O/c1-12-7-8-14(9-17)16(20-12)19-11-15(21)18-10-13-5-3-2-4-6-13/h2-8H,10-11H2,1H3,(H,18,21)(H,19,20). The summed E-state index contributed by atoms with van der Waals surface area (Å²) in [5.74, 6) is 0.290. The number of nitrogens with one attached hydrogen (secondary N) is 2. The summed E-state index contributed by atoms with van der Waals surface area (Å²) in [5.41, 5.74) is 2.26. The smallest absolute Gasteiger partial charge is 0.239 e. The minimum atomic E-state index is -0.147. The van der Waals surface area contributed by atoms with E-state index in [1.54, 1.807) is 12.1 Å². The average Bonchev–Trinajstić information content (AvgIpc) is 2.52. The van der Waals surface area contributed by atoms with E-state index in [9.17, 15) is 4.79 Å². The van der Waals surface area contributed by atoms with Crippen molar-refractivity contribution in [2.45, 2.75) is 13.5 Å². The molecule has 0 aliphatic rings. The first-order valence-corrected chi connectivity index (χ1v) is 6.61. The number of hydrogen-bond donors (Lipinski definition) is 2. The maximum Gasteiger partial charge on any atom is 0.239 e. The lowest BCUT2D eigenvalue weighted by atomic mass is 10.2. The fourth-order valence-electron chi connectivity index (χ4n) is 1.80. The molecule has 1 aromatic heterocycles. The van der Waals surface area contributed by atoms with Crippen LogP contribution in [0.4, 0.5) is 5.82 Å². The van der Waals surface area contributed by atoms with E-state index in [4.69, 9.17) is 5.26 Å². The SMILES string of the molecule is Cc1ccc(C#N)c(NCC(=O)NCc2ccccc2)n1. The zero-order chi connectivity index (χ0) is 15.1. The molecule has 0 saturated carbocycles. The molecular weight excluding hydrogens is 264 g/mol.